The van der Waals surface area contributed by atoms with Crippen LogP contribution in [0.15, 0.2) is 91.2 Å². The molecule has 2 atom stereocenters. The fourth-order valence-electron chi connectivity index (χ4n) is 3.51. The van der Waals surface area contributed by atoms with Crippen LogP contribution in [0.1, 0.15) is 90.3 Å². The molecule has 0 saturated carbocycles. The minimum Gasteiger partial charge on any atom is -0.381 e. The second-order valence-corrected chi connectivity index (χ2v) is 9.55. The second kappa shape index (κ2) is 15.3. The Hall–Kier alpha value is -2.54. The first-order chi connectivity index (χ1) is 15.4. The molecular formula is C32H49N. The molecule has 182 valence electrons. The van der Waals surface area contributed by atoms with Crippen LogP contribution in [0.2, 0.25) is 0 Å². The monoisotopic (exact) mass is 447 g/mol. The first-order valence-corrected chi connectivity index (χ1v) is 12.3. The molecule has 2 aromatic rings. The topological polar surface area (TPSA) is 3.24 Å². The molecule has 2 unspecified atom stereocenters. The van der Waals surface area contributed by atoms with Gasteiger partial charge in [-0.25, -0.2) is 0 Å². The molecule has 1 nitrogen and oxygen atoms in total. The molecular weight excluding hydrogens is 398 g/mol. The standard InChI is InChI=1S/C25H33N.C4H8.C3H8/c1-8-20(3)25(5,23-14-10-9-11-15-23)24-16-12-13-22(18-24)19(2)17-21(4)26(6)7;1-4(2)3;1-3-2/h9-16,18-19H,3-4,8,17H2,1-2,5-7H3;1H2,2-3H3;3H2,1-2H3. The summed E-state index contributed by atoms with van der Waals surface area (Å²) in [6.45, 7) is 27.1. The maximum Gasteiger partial charge on any atom is 0.0380 e. The van der Waals surface area contributed by atoms with E-state index in [4.69, 9.17) is 0 Å². The average Bonchev–Trinajstić information content (AvgIpc) is 2.78. The van der Waals surface area contributed by atoms with Crippen LogP contribution >= 0.6 is 0 Å². The Balaban J connectivity index is 0.00000129. The van der Waals surface area contributed by atoms with Gasteiger partial charge in [0.1, 0.15) is 0 Å². The molecule has 0 amide bonds. The van der Waals surface area contributed by atoms with Crippen LogP contribution in [0.3, 0.4) is 0 Å². The van der Waals surface area contributed by atoms with Crippen molar-refractivity contribution >= 4 is 0 Å². The largest absolute Gasteiger partial charge is 0.381 e. The zero-order valence-corrected chi connectivity index (χ0v) is 23.0. The molecule has 0 aliphatic heterocycles. The second-order valence-electron chi connectivity index (χ2n) is 9.55. The van der Waals surface area contributed by atoms with Gasteiger partial charge in [0.25, 0.3) is 0 Å². The van der Waals surface area contributed by atoms with Gasteiger partial charge in [-0.1, -0.05) is 113 Å². The summed E-state index contributed by atoms with van der Waals surface area (Å²) in [5, 5.41) is 0. The van der Waals surface area contributed by atoms with Crippen molar-refractivity contribution in [1.82, 2.24) is 4.90 Å². The average molecular weight is 448 g/mol. The van der Waals surface area contributed by atoms with Crippen LogP contribution in [-0.2, 0) is 5.41 Å². The zero-order valence-electron chi connectivity index (χ0n) is 23.0. The van der Waals surface area contributed by atoms with Crippen LogP contribution in [0.4, 0.5) is 0 Å². The summed E-state index contributed by atoms with van der Waals surface area (Å²) in [7, 11) is 4.12. The highest BCUT2D eigenvalue weighted by Crippen LogP contribution is 2.40. The Bertz CT molecular complexity index is 855. The van der Waals surface area contributed by atoms with Gasteiger partial charge in [0.05, 0.1) is 0 Å². The van der Waals surface area contributed by atoms with Crippen molar-refractivity contribution in [2.75, 3.05) is 14.1 Å². The quantitative estimate of drug-likeness (QED) is 0.364. The van der Waals surface area contributed by atoms with Gasteiger partial charge in [0.2, 0.25) is 0 Å². The summed E-state index contributed by atoms with van der Waals surface area (Å²) >= 11 is 0. The smallest absolute Gasteiger partial charge is 0.0380 e. The summed E-state index contributed by atoms with van der Waals surface area (Å²) in [6, 6.07) is 19.8. The number of hydrogen-bond donors (Lipinski definition) is 0. The number of benzene rings is 2. The van der Waals surface area contributed by atoms with Crippen LogP contribution in [-0.4, -0.2) is 19.0 Å². The van der Waals surface area contributed by atoms with E-state index >= 15 is 0 Å². The number of allylic oxidation sites excluding steroid dienone is 3. The first-order valence-electron chi connectivity index (χ1n) is 12.3. The molecule has 2 rings (SSSR count). The third-order valence-corrected chi connectivity index (χ3v) is 5.69. The van der Waals surface area contributed by atoms with Gasteiger partial charge in [-0.05, 0) is 56.2 Å². The van der Waals surface area contributed by atoms with Crippen LogP contribution in [0.25, 0.3) is 0 Å². The highest BCUT2D eigenvalue weighted by atomic mass is 15.1. The summed E-state index contributed by atoms with van der Waals surface area (Å²) in [4.78, 5) is 2.10. The first kappa shape index (κ1) is 30.5. The Morgan fingerprint density at radius 2 is 1.36 bits per heavy atom. The summed E-state index contributed by atoms with van der Waals surface area (Å²) < 4.78 is 0. The van der Waals surface area contributed by atoms with Crippen molar-refractivity contribution < 1.29 is 0 Å². The summed E-state index contributed by atoms with van der Waals surface area (Å²) in [6.07, 6.45) is 3.18. The Morgan fingerprint density at radius 3 is 1.82 bits per heavy atom. The van der Waals surface area contributed by atoms with E-state index in [9.17, 15) is 0 Å². The molecule has 0 aliphatic carbocycles. The summed E-state index contributed by atoms with van der Waals surface area (Å²) in [5.74, 6) is 0.430. The lowest BCUT2D eigenvalue weighted by atomic mass is 9.70. The van der Waals surface area contributed by atoms with Crippen molar-refractivity contribution in [1.29, 1.82) is 0 Å². The van der Waals surface area contributed by atoms with Gasteiger partial charge in [-0.3, -0.25) is 0 Å². The van der Waals surface area contributed by atoms with Crippen molar-refractivity contribution in [2.24, 2.45) is 0 Å². The predicted octanol–water partition coefficient (Wildman–Crippen LogP) is 9.53. The Kier molecular flexibility index (Phi) is 14.1. The highest BCUT2D eigenvalue weighted by molar-refractivity contribution is 5.48. The lowest BCUT2D eigenvalue weighted by Gasteiger charge is -2.34. The van der Waals surface area contributed by atoms with Crippen molar-refractivity contribution in [2.45, 2.75) is 79.1 Å². The molecule has 0 radical (unpaired) electrons. The minimum absolute atomic E-state index is 0.176. The fourth-order valence-corrected chi connectivity index (χ4v) is 3.51. The molecule has 0 heterocycles. The van der Waals surface area contributed by atoms with E-state index in [0.29, 0.717) is 5.92 Å². The van der Waals surface area contributed by atoms with E-state index in [-0.39, 0.29) is 5.41 Å². The lowest BCUT2D eigenvalue weighted by molar-refractivity contribution is 0.474. The molecule has 0 saturated heterocycles. The third-order valence-electron chi connectivity index (χ3n) is 5.69. The van der Waals surface area contributed by atoms with Gasteiger partial charge < -0.3 is 4.90 Å². The van der Waals surface area contributed by atoms with Crippen LogP contribution in [0, 0.1) is 0 Å². The fraction of sp³-hybridized carbons (Fsp3) is 0.438. The lowest BCUT2D eigenvalue weighted by Crippen LogP contribution is -2.26. The van der Waals surface area contributed by atoms with Gasteiger partial charge >= 0.3 is 0 Å². The van der Waals surface area contributed by atoms with E-state index in [2.05, 4.69) is 128 Å². The van der Waals surface area contributed by atoms with Crippen molar-refractivity contribution in [3.63, 3.8) is 0 Å². The van der Waals surface area contributed by atoms with E-state index in [1.54, 1.807) is 0 Å². The van der Waals surface area contributed by atoms with Crippen LogP contribution in [0.5, 0.6) is 0 Å². The van der Waals surface area contributed by atoms with Crippen molar-refractivity contribution in [3.05, 3.63) is 108 Å². The SMILES string of the molecule is C=C(C)C.C=C(CC(C)c1cccc(C(C)(C(=C)CC)c2ccccc2)c1)N(C)C.CCC. The third kappa shape index (κ3) is 9.86. The van der Waals surface area contributed by atoms with E-state index in [1.807, 2.05) is 13.8 Å². The molecule has 0 aromatic heterocycles. The van der Waals surface area contributed by atoms with Gasteiger partial charge in [0, 0.05) is 25.2 Å². The van der Waals surface area contributed by atoms with Gasteiger partial charge in [-0.2, -0.15) is 0 Å². The molecule has 0 bridgehead atoms. The molecule has 33 heavy (non-hydrogen) atoms. The number of rotatable bonds is 8. The maximum absolute atomic E-state index is 4.42. The molecule has 0 fully saturated rings. The Labute approximate surface area is 205 Å². The molecule has 1 heteroatoms. The number of nitrogens with zero attached hydrogens (tertiary/aromatic N) is 1. The van der Waals surface area contributed by atoms with E-state index in [1.165, 1.54) is 34.3 Å². The van der Waals surface area contributed by atoms with Crippen molar-refractivity contribution in [3.8, 4) is 0 Å². The van der Waals surface area contributed by atoms with E-state index in [0.717, 1.165) is 18.5 Å². The Morgan fingerprint density at radius 1 is 0.879 bits per heavy atom. The number of hydrogen-bond acceptors (Lipinski definition) is 1. The zero-order chi connectivity index (χ0) is 25.6. The van der Waals surface area contributed by atoms with Gasteiger partial charge in [-0.15, -0.1) is 6.58 Å². The minimum atomic E-state index is -0.176. The van der Waals surface area contributed by atoms with E-state index < -0.39 is 0 Å². The molecule has 2 aromatic carbocycles. The van der Waals surface area contributed by atoms with Crippen LogP contribution < -0.4 is 0 Å². The summed E-state index contributed by atoms with van der Waals surface area (Å²) in [5.41, 5.74) is 7.36. The van der Waals surface area contributed by atoms with Gasteiger partial charge in [0.15, 0.2) is 0 Å². The predicted molar refractivity (Wildman–Crippen MR) is 151 cm³/mol. The molecule has 0 N–H and O–H groups in total. The maximum atomic E-state index is 4.42. The molecule has 0 aliphatic rings. The normalized spacial score (nSPS) is 12.6. The highest BCUT2D eigenvalue weighted by Gasteiger charge is 2.31. The molecule has 0 spiro atoms.